The summed E-state index contributed by atoms with van der Waals surface area (Å²) in [6.45, 7) is 3.21. The van der Waals surface area contributed by atoms with Crippen molar-refractivity contribution in [2.24, 2.45) is 0 Å². The molecule has 0 spiro atoms. The number of nitrogens with one attached hydrogen (secondary N) is 1. The van der Waals surface area contributed by atoms with Gasteiger partial charge in [-0.05, 0) is 31.5 Å². The first-order chi connectivity index (χ1) is 5.75. The summed E-state index contributed by atoms with van der Waals surface area (Å²) in [5.41, 5.74) is 0. The molecular formula is C9H18N2S. The van der Waals surface area contributed by atoms with Gasteiger partial charge < -0.3 is 10.2 Å². The van der Waals surface area contributed by atoms with Crippen LogP contribution in [-0.2, 0) is 0 Å². The highest BCUT2D eigenvalue weighted by Crippen LogP contribution is 2.25. The Kier molecular flexibility index (Phi) is 3.79. The molecule has 0 bridgehead atoms. The van der Waals surface area contributed by atoms with Crippen molar-refractivity contribution in [1.82, 2.24) is 10.2 Å². The Morgan fingerprint density at radius 2 is 2.25 bits per heavy atom. The monoisotopic (exact) mass is 186 g/mol. The van der Waals surface area contributed by atoms with E-state index in [9.17, 15) is 0 Å². The van der Waals surface area contributed by atoms with Crippen LogP contribution < -0.4 is 5.32 Å². The Bertz CT molecular complexity index is 155. The van der Waals surface area contributed by atoms with Crippen molar-refractivity contribution in [2.75, 3.05) is 13.6 Å². The second-order valence-electron chi connectivity index (χ2n) is 3.43. The van der Waals surface area contributed by atoms with E-state index in [2.05, 4.69) is 24.2 Å². The van der Waals surface area contributed by atoms with E-state index in [-0.39, 0.29) is 0 Å². The minimum atomic E-state index is 0.728. The quantitative estimate of drug-likeness (QED) is 0.532. The number of thiocarbonyl (C=S) groups is 1. The van der Waals surface area contributed by atoms with Crippen molar-refractivity contribution in [2.45, 2.75) is 38.6 Å². The molecule has 70 valence electrons. The normalized spacial score (nSPS) is 15.8. The van der Waals surface area contributed by atoms with E-state index in [4.69, 9.17) is 12.2 Å². The largest absolute Gasteiger partial charge is 0.363 e. The summed E-state index contributed by atoms with van der Waals surface area (Å²) in [4.78, 5) is 2.19. The van der Waals surface area contributed by atoms with E-state index in [0.717, 1.165) is 17.7 Å². The number of nitrogens with zero attached hydrogens (tertiary/aromatic N) is 1. The van der Waals surface area contributed by atoms with Gasteiger partial charge in [-0.3, -0.25) is 0 Å². The van der Waals surface area contributed by atoms with Gasteiger partial charge in [-0.2, -0.15) is 0 Å². The van der Waals surface area contributed by atoms with Crippen LogP contribution in [0, 0.1) is 0 Å². The highest BCUT2D eigenvalue weighted by Gasteiger charge is 2.27. The standard InChI is InChI=1S/C9H18N2S/c1-3-4-7-10-9(12)11(2)8-5-6-8/h8H,3-7H2,1-2H3,(H,10,12). The molecule has 1 saturated carbocycles. The highest BCUT2D eigenvalue weighted by molar-refractivity contribution is 7.80. The molecule has 12 heavy (non-hydrogen) atoms. The molecule has 0 amide bonds. The van der Waals surface area contributed by atoms with E-state index in [0.29, 0.717) is 0 Å². The van der Waals surface area contributed by atoms with Gasteiger partial charge in [-0.15, -0.1) is 0 Å². The van der Waals surface area contributed by atoms with Crippen molar-refractivity contribution in [3.8, 4) is 0 Å². The van der Waals surface area contributed by atoms with Crippen LogP contribution >= 0.6 is 12.2 Å². The first-order valence-electron chi connectivity index (χ1n) is 4.76. The molecule has 1 N–H and O–H groups in total. The Morgan fingerprint density at radius 1 is 1.58 bits per heavy atom. The summed E-state index contributed by atoms with van der Waals surface area (Å²) in [6, 6.07) is 0.728. The van der Waals surface area contributed by atoms with Crippen LogP contribution in [0.25, 0.3) is 0 Å². The zero-order chi connectivity index (χ0) is 8.97. The van der Waals surface area contributed by atoms with Gasteiger partial charge in [0.05, 0.1) is 0 Å². The molecule has 0 radical (unpaired) electrons. The number of unbranched alkanes of at least 4 members (excludes halogenated alkanes) is 1. The lowest BCUT2D eigenvalue weighted by Crippen LogP contribution is -2.38. The average Bonchev–Trinajstić information content (AvgIpc) is 2.86. The topological polar surface area (TPSA) is 15.3 Å². The molecule has 1 aliphatic carbocycles. The molecule has 1 aliphatic rings. The molecule has 0 aromatic carbocycles. The van der Waals surface area contributed by atoms with Gasteiger partial charge in [0.15, 0.2) is 5.11 Å². The van der Waals surface area contributed by atoms with Crippen LogP contribution in [0.1, 0.15) is 32.6 Å². The molecule has 1 rings (SSSR count). The summed E-state index contributed by atoms with van der Waals surface area (Å²) in [7, 11) is 2.08. The van der Waals surface area contributed by atoms with Gasteiger partial charge in [0.2, 0.25) is 0 Å². The minimum Gasteiger partial charge on any atom is -0.363 e. The molecule has 0 aliphatic heterocycles. The summed E-state index contributed by atoms with van der Waals surface area (Å²) in [5.74, 6) is 0. The summed E-state index contributed by atoms with van der Waals surface area (Å²) in [6.07, 6.45) is 5.06. The van der Waals surface area contributed by atoms with Gasteiger partial charge >= 0.3 is 0 Å². The van der Waals surface area contributed by atoms with Crippen LogP contribution in [0.15, 0.2) is 0 Å². The first-order valence-corrected chi connectivity index (χ1v) is 5.17. The van der Waals surface area contributed by atoms with Crippen LogP contribution in [0.5, 0.6) is 0 Å². The Morgan fingerprint density at radius 3 is 2.75 bits per heavy atom. The predicted octanol–water partition coefficient (Wildman–Crippen LogP) is 1.76. The van der Waals surface area contributed by atoms with Gasteiger partial charge in [-0.1, -0.05) is 13.3 Å². The fourth-order valence-corrected chi connectivity index (χ4v) is 1.38. The maximum Gasteiger partial charge on any atom is 0.168 e. The summed E-state index contributed by atoms with van der Waals surface area (Å²) in [5, 5.41) is 4.18. The number of hydrogen-bond acceptors (Lipinski definition) is 1. The van der Waals surface area contributed by atoms with Crippen molar-refractivity contribution >= 4 is 17.3 Å². The Balaban J connectivity index is 2.09. The third-order valence-corrected chi connectivity index (χ3v) is 2.65. The van der Waals surface area contributed by atoms with Crippen molar-refractivity contribution < 1.29 is 0 Å². The second kappa shape index (κ2) is 4.65. The van der Waals surface area contributed by atoms with E-state index >= 15 is 0 Å². The van der Waals surface area contributed by atoms with E-state index in [1.54, 1.807) is 0 Å². The van der Waals surface area contributed by atoms with Gasteiger partial charge in [0, 0.05) is 19.6 Å². The number of rotatable bonds is 4. The van der Waals surface area contributed by atoms with Crippen molar-refractivity contribution in [1.29, 1.82) is 0 Å². The molecule has 0 aromatic rings. The maximum atomic E-state index is 5.22. The lowest BCUT2D eigenvalue weighted by Gasteiger charge is -2.20. The van der Waals surface area contributed by atoms with E-state index in [1.165, 1.54) is 25.7 Å². The Hall–Kier alpha value is -0.310. The van der Waals surface area contributed by atoms with Crippen molar-refractivity contribution in [3.63, 3.8) is 0 Å². The molecule has 3 heteroatoms. The van der Waals surface area contributed by atoms with Crippen molar-refractivity contribution in [3.05, 3.63) is 0 Å². The highest BCUT2D eigenvalue weighted by atomic mass is 32.1. The van der Waals surface area contributed by atoms with Gasteiger partial charge in [0.1, 0.15) is 0 Å². The maximum absolute atomic E-state index is 5.22. The van der Waals surface area contributed by atoms with Gasteiger partial charge in [-0.25, -0.2) is 0 Å². The zero-order valence-electron chi connectivity index (χ0n) is 7.97. The zero-order valence-corrected chi connectivity index (χ0v) is 8.78. The van der Waals surface area contributed by atoms with E-state index in [1.807, 2.05) is 0 Å². The lowest BCUT2D eigenvalue weighted by molar-refractivity contribution is 0.483. The smallest absolute Gasteiger partial charge is 0.168 e. The van der Waals surface area contributed by atoms with Crippen LogP contribution in [0.3, 0.4) is 0 Å². The lowest BCUT2D eigenvalue weighted by atomic mass is 10.3. The van der Waals surface area contributed by atoms with E-state index < -0.39 is 0 Å². The van der Waals surface area contributed by atoms with Crippen LogP contribution in [-0.4, -0.2) is 29.6 Å². The summed E-state index contributed by atoms with van der Waals surface area (Å²) >= 11 is 5.22. The SMILES string of the molecule is CCCCNC(=S)N(C)C1CC1. The molecule has 0 unspecified atom stereocenters. The molecular weight excluding hydrogens is 168 g/mol. The fraction of sp³-hybridized carbons (Fsp3) is 0.889. The molecule has 1 fully saturated rings. The second-order valence-corrected chi connectivity index (χ2v) is 3.81. The number of hydrogen-bond donors (Lipinski definition) is 1. The molecule has 2 nitrogen and oxygen atoms in total. The predicted molar refractivity (Wildman–Crippen MR) is 56.3 cm³/mol. The minimum absolute atomic E-state index is 0.728. The third-order valence-electron chi connectivity index (χ3n) is 2.22. The van der Waals surface area contributed by atoms with Crippen LogP contribution in [0.4, 0.5) is 0 Å². The molecule has 0 saturated heterocycles. The first kappa shape index (κ1) is 9.78. The average molecular weight is 186 g/mol. The summed E-state index contributed by atoms with van der Waals surface area (Å²) < 4.78 is 0. The molecule has 0 aromatic heterocycles. The molecule has 0 atom stereocenters. The van der Waals surface area contributed by atoms with Gasteiger partial charge in [0.25, 0.3) is 0 Å². The molecule has 0 heterocycles. The fourth-order valence-electron chi connectivity index (χ4n) is 1.12. The Labute approximate surface area is 80.3 Å². The van der Waals surface area contributed by atoms with Crippen LogP contribution in [0.2, 0.25) is 0 Å². The third kappa shape index (κ3) is 2.97.